The average Bonchev–Trinajstić information content (AvgIpc) is 2.88. The Labute approximate surface area is 200 Å². The van der Waals surface area contributed by atoms with Crippen LogP contribution in [0.15, 0.2) is 91.0 Å². The molecule has 3 aromatic carbocycles. The van der Waals surface area contributed by atoms with Crippen molar-refractivity contribution in [3.8, 4) is 0 Å². The van der Waals surface area contributed by atoms with Crippen LogP contribution in [0.4, 0.5) is 0 Å². The van der Waals surface area contributed by atoms with Crippen molar-refractivity contribution < 1.29 is 28.8 Å². The molecule has 6 heteroatoms. The lowest BCUT2D eigenvalue weighted by atomic mass is 9.85. The fourth-order valence-electron chi connectivity index (χ4n) is 4.51. The zero-order valence-corrected chi connectivity index (χ0v) is 19.2. The minimum absolute atomic E-state index is 0.275. The third-order valence-corrected chi connectivity index (χ3v) is 6.33. The third-order valence-electron chi connectivity index (χ3n) is 6.33. The van der Waals surface area contributed by atoms with Gasteiger partial charge in [-0.25, -0.2) is 0 Å². The van der Waals surface area contributed by atoms with Gasteiger partial charge in [-0.2, -0.15) is 0 Å². The van der Waals surface area contributed by atoms with Gasteiger partial charge in [0.2, 0.25) is 0 Å². The Balaban J connectivity index is 1.36. The summed E-state index contributed by atoms with van der Waals surface area (Å²) in [5, 5.41) is 11.8. The van der Waals surface area contributed by atoms with Crippen molar-refractivity contribution in [2.75, 3.05) is 6.61 Å². The highest BCUT2D eigenvalue weighted by Crippen LogP contribution is 2.41. The Morgan fingerprint density at radius 1 is 0.794 bits per heavy atom. The van der Waals surface area contributed by atoms with Crippen LogP contribution < -0.4 is 0 Å². The molecule has 2 heterocycles. The summed E-state index contributed by atoms with van der Waals surface area (Å²) in [5.74, 6) is 0. The van der Waals surface area contributed by atoms with Crippen LogP contribution in [0.2, 0.25) is 0 Å². The molecule has 2 aliphatic heterocycles. The first-order valence-electron chi connectivity index (χ1n) is 11.6. The first-order valence-corrected chi connectivity index (χ1v) is 11.6. The number of hydrogen-bond acceptors (Lipinski definition) is 6. The highest BCUT2D eigenvalue weighted by atomic mass is 16.8. The van der Waals surface area contributed by atoms with Gasteiger partial charge in [-0.05, 0) is 18.1 Å². The zero-order chi connectivity index (χ0) is 23.4. The number of rotatable bonds is 7. The Bertz CT molecular complexity index is 1030. The Hall–Kier alpha value is -2.58. The first-order chi connectivity index (χ1) is 16.6. The summed E-state index contributed by atoms with van der Waals surface area (Å²) in [7, 11) is 0. The highest BCUT2D eigenvalue weighted by Gasteiger charge is 2.57. The van der Waals surface area contributed by atoms with E-state index in [1.807, 2.05) is 91.0 Å². The summed E-state index contributed by atoms with van der Waals surface area (Å²) < 4.78 is 30.9. The molecule has 0 amide bonds. The summed E-state index contributed by atoms with van der Waals surface area (Å²) >= 11 is 0. The highest BCUT2D eigenvalue weighted by molar-refractivity contribution is 5.18. The molecule has 5 rings (SSSR count). The lowest BCUT2D eigenvalue weighted by Crippen LogP contribution is -2.69. The van der Waals surface area contributed by atoms with Gasteiger partial charge >= 0.3 is 0 Å². The van der Waals surface area contributed by atoms with Crippen molar-refractivity contribution in [2.24, 2.45) is 0 Å². The Kier molecular flexibility index (Phi) is 7.06. The van der Waals surface area contributed by atoms with Crippen LogP contribution in [0.25, 0.3) is 0 Å². The molecule has 6 unspecified atom stereocenters. The van der Waals surface area contributed by atoms with E-state index in [9.17, 15) is 5.11 Å². The topological polar surface area (TPSA) is 66.4 Å². The minimum Gasteiger partial charge on any atom is -0.384 e. The van der Waals surface area contributed by atoms with Gasteiger partial charge in [0, 0.05) is 5.56 Å². The van der Waals surface area contributed by atoms with Gasteiger partial charge in [-0.1, -0.05) is 91.0 Å². The van der Waals surface area contributed by atoms with E-state index < -0.39 is 36.5 Å². The van der Waals surface area contributed by atoms with E-state index in [0.717, 1.165) is 16.7 Å². The molecular formula is C28H30O6. The van der Waals surface area contributed by atoms with Gasteiger partial charge in [0.05, 0.1) is 19.8 Å². The second kappa shape index (κ2) is 10.4. The molecule has 0 spiro atoms. The van der Waals surface area contributed by atoms with Crippen molar-refractivity contribution in [1.29, 1.82) is 0 Å². The lowest BCUT2D eigenvalue weighted by Gasteiger charge is -2.52. The number of aliphatic hydroxyl groups is 1. The molecule has 1 N–H and O–H groups in total. The molecule has 0 aromatic heterocycles. The number of hydrogen-bond donors (Lipinski definition) is 1. The monoisotopic (exact) mass is 462 g/mol. The van der Waals surface area contributed by atoms with Crippen molar-refractivity contribution >= 4 is 0 Å². The van der Waals surface area contributed by atoms with Crippen molar-refractivity contribution in [3.05, 3.63) is 108 Å². The van der Waals surface area contributed by atoms with E-state index in [4.69, 9.17) is 23.7 Å². The average molecular weight is 463 g/mol. The zero-order valence-electron chi connectivity index (χ0n) is 19.2. The summed E-state index contributed by atoms with van der Waals surface area (Å²) in [6.45, 7) is 2.65. The van der Waals surface area contributed by atoms with Crippen LogP contribution in [-0.4, -0.2) is 41.9 Å². The van der Waals surface area contributed by atoms with E-state index in [-0.39, 0.29) is 6.61 Å². The van der Waals surface area contributed by atoms with E-state index in [1.54, 1.807) is 6.92 Å². The molecule has 6 nitrogen and oxygen atoms in total. The molecule has 178 valence electrons. The van der Waals surface area contributed by atoms with Crippen LogP contribution in [0.3, 0.4) is 0 Å². The summed E-state index contributed by atoms with van der Waals surface area (Å²) in [5.41, 5.74) is 1.52. The molecular weight excluding hydrogens is 432 g/mol. The van der Waals surface area contributed by atoms with Crippen LogP contribution >= 0.6 is 0 Å². The van der Waals surface area contributed by atoms with Gasteiger partial charge in [0.1, 0.15) is 23.9 Å². The van der Waals surface area contributed by atoms with Crippen LogP contribution in [-0.2, 0) is 36.9 Å². The van der Waals surface area contributed by atoms with Crippen molar-refractivity contribution in [2.45, 2.75) is 56.6 Å². The first kappa shape index (κ1) is 23.2. The Morgan fingerprint density at radius 3 is 1.97 bits per heavy atom. The van der Waals surface area contributed by atoms with Crippen molar-refractivity contribution in [1.82, 2.24) is 0 Å². The molecule has 6 atom stereocenters. The van der Waals surface area contributed by atoms with Gasteiger partial charge in [0.15, 0.2) is 12.6 Å². The largest absolute Gasteiger partial charge is 0.384 e. The second-order valence-electron chi connectivity index (χ2n) is 8.92. The molecule has 2 aliphatic rings. The van der Waals surface area contributed by atoms with Crippen molar-refractivity contribution in [3.63, 3.8) is 0 Å². The smallest absolute Gasteiger partial charge is 0.187 e. The molecule has 0 bridgehead atoms. The molecule has 3 aromatic rings. The maximum absolute atomic E-state index is 11.8. The molecule has 34 heavy (non-hydrogen) atoms. The van der Waals surface area contributed by atoms with Crippen LogP contribution in [0.5, 0.6) is 0 Å². The molecule has 0 radical (unpaired) electrons. The number of benzene rings is 3. The maximum Gasteiger partial charge on any atom is 0.187 e. The SMILES string of the molecule is CC1(O)C2OC(c3ccccc3)OCC2OC(OCc2ccccc2)C1OCc1ccccc1. The molecule has 0 saturated carbocycles. The summed E-state index contributed by atoms with van der Waals surface area (Å²) in [6, 6.07) is 29.4. The molecule has 2 saturated heterocycles. The summed E-state index contributed by atoms with van der Waals surface area (Å²) in [4.78, 5) is 0. The van der Waals surface area contributed by atoms with Gasteiger partial charge < -0.3 is 28.8 Å². The molecule has 2 fully saturated rings. The minimum atomic E-state index is -1.38. The second-order valence-corrected chi connectivity index (χ2v) is 8.92. The van der Waals surface area contributed by atoms with Gasteiger partial charge in [-0.15, -0.1) is 0 Å². The summed E-state index contributed by atoms with van der Waals surface area (Å²) in [6.07, 6.45) is -3.29. The fourth-order valence-corrected chi connectivity index (χ4v) is 4.51. The number of ether oxygens (including phenoxy) is 5. The van der Waals surface area contributed by atoms with E-state index >= 15 is 0 Å². The number of fused-ring (bicyclic) bond motifs is 1. The normalized spacial score (nSPS) is 31.1. The van der Waals surface area contributed by atoms with Gasteiger partial charge in [-0.3, -0.25) is 0 Å². The fraction of sp³-hybridized carbons (Fsp3) is 0.357. The quantitative estimate of drug-likeness (QED) is 0.562. The molecule has 0 aliphatic carbocycles. The third kappa shape index (κ3) is 5.08. The van der Waals surface area contributed by atoms with E-state index in [2.05, 4.69) is 0 Å². The maximum atomic E-state index is 11.8. The van der Waals surface area contributed by atoms with Crippen LogP contribution in [0.1, 0.15) is 29.9 Å². The Morgan fingerprint density at radius 2 is 1.35 bits per heavy atom. The predicted octanol–water partition coefficient (Wildman–Crippen LogP) is 4.38. The predicted molar refractivity (Wildman–Crippen MR) is 126 cm³/mol. The van der Waals surface area contributed by atoms with Gasteiger partial charge in [0.25, 0.3) is 0 Å². The standard InChI is InChI=1S/C28H30O6/c1-28(29)24-23(19-32-26(34-24)22-15-9-4-10-16-22)33-27(31-18-21-13-7-3-8-14-21)25(28)30-17-20-11-5-2-6-12-20/h2-16,23-27,29H,17-19H2,1H3. The van der Waals surface area contributed by atoms with Crippen LogP contribution in [0, 0.1) is 0 Å². The lowest BCUT2D eigenvalue weighted by molar-refractivity contribution is -0.390. The van der Waals surface area contributed by atoms with E-state index in [1.165, 1.54) is 0 Å². The van der Waals surface area contributed by atoms with E-state index in [0.29, 0.717) is 13.2 Å².